The Hall–Kier alpha value is -2.53. The molecule has 2 aromatic carbocycles. The van der Waals surface area contributed by atoms with Crippen LogP contribution in [0.5, 0.6) is 11.5 Å². The van der Waals surface area contributed by atoms with Gasteiger partial charge < -0.3 is 14.2 Å². The molecule has 3 atom stereocenters. The lowest BCUT2D eigenvalue weighted by atomic mass is 9.98. The summed E-state index contributed by atoms with van der Waals surface area (Å²) in [7, 11) is 3.07. The van der Waals surface area contributed by atoms with Crippen LogP contribution >= 0.6 is 0 Å². The molecule has 0 saturated carbocycles. The van der Waals surface area contributed by atoms with Gasteiger partial charge >= 0.3 is 5.97 Å². The fourth-order valence-electron chi connectivity index (χ4n) is 3.89. The Bertz CT molecular complexity index is 777. The molecule has 0 bridgehead atoms. The van der Waals surface area contributed by atoms with Crippen molar-refractivity contribution in [2.24, 2.45) is 5.92 Å². The molecule has 4 rings (SSSR count). The third-order valence-electron chi connectivity index (χ3n) is 5.07. The van der Waals surface area contributed by atoms with Crippen LogP contribution in [0.2, 0.25) is 0 Å². The summed E-state index contributed by atoms with van der Waals surface area (Å²) in [5, 5.41) is 0. The fourth-order valence-corrected chi connectivity index (χ4v) is 3.89. The maximum atomic E-state index is 12.3. The van der Waals surface area contributed by atoms with E-state index in [0.717, 1.165) is 23.6 Å². The molecule has 0 radical (unpaired) electrons. The Kier molecular flexibility index (Phi) is 4.09. The number of carbonyl (C=O) groups excluding carboxylic acids is 1. The second kappa shape index (κ2) is 6.41. The van der Waals surface area contributed by atoms with Crippen LogP contribution in [0.25, 0.3) is 0 Å². The molecular weight excluding hydrogens is 318 g/mol. The van der Waals surface area contributed by atoms with E-state index in [2.05, 4.69) is 17.0 Å². The molecule has 0 unspecified atom stereocenters. The first kappa shape index (κ1) is 16.0. The minimum atomic E-state index is -0.294. The lowest BCUT2D eigenvalue weighted by molar-refractivity contribution is -0.147. The maximum Gasteiger partial charge on any atom is 0.313 e. The van der Waals surface area contributed by atoms with Gasteiger partial charge in [-0.2, -0.15) is 0 Å². The number of hydrogen-bond donors (Lipinski definition) is 0. The van der Waals surface area contributed by atoms with E-state index in [1.807, 2.05) is 36.4 Å². The van der Waals surface area contributed by atoms with Crippen LogP contribution in [0.1, 0.15) is 17.2 Å². The number of fused-ring (bicyclic) bond motifs is 3. The zero-order chi connectivity index (χ0) is 17.4. The molecule has 0 amide bonds. The van der Waals surface area contributed by atoms with Crippen LogP contribution in [0, 0.1) is 5.92 Å². The molecule has 0 aromatic heterocycles. The smallest absolute Gasteiger partial charge is 0.313 e. The van der Waals surface area contributed by atoms with Gasteiger partial charge in [-0.15, -0.1) is 0 Å². The van der Waals surface area contributed by atoms with Crippen LogP contribution in [-0.2, 0) is 16.1 Å². The summed E-state index contributed by atoms with van der Waals surface area (Å²) in [6.45, 7) is 1.40. The van der Waals surface area contributed by atoms with Crippen molar-refractivity contribution in [2.45, 2.75) is 18.7 Å². The van der Waals surface area contributed by atoms with Gasteiger partial charge in [0, 0.05) is 24.7 Å². The Labute approximate surface area is 147 Å². The molecule has 0 aliphatic carbocycles. The zero-order valence-electron chi connectivity index (χ0n) is 14.3. The summed E-state index contributed by atoms with van der Waals surface area (Å²) < 4.78 is 16.5. The lowest BCUT2D eigenvalue weighted by Crippen LogP contribution is -2.30. The van der Waals surface area contributed by atoms with Gasteiger partial charge in [-0.3, -0.25) is 9.69 Å². The van der Waals surface area contributed by atoms with Crippen molar-refractivity contribution in [3.05, 3.63) is 59.7 Å². The molecule has 0 N–H and O–H groups in total. The molecule has 25 heavy (non-hydrogen) atoms. The Morgan fingerprint density at radius 3 is 2.72 bits per heavy atom. The first-order chi connectivity index (χ1) is 12.2. The topological polar surface area (TPSA) is 48.0 Å². The highest BCUT2D eigenvalue weighted by molar-refractivity contribution is 5.74. The number of ether oxygens (including phenoxy) is 3. The van der Waals surface area contributed by atoms with E-state index in [0.29, 0.717) is 6.54 Å². The molecule has 1 saturated heterocycles. The third-order valence-corrected chi connectivity index (χ3v) is 5.07. The molecule has 5 heteroatoms. The van der Waals surface area contributed by atoms with Gasteiger partial charge in [0.25, 0.3) is 0 Å². The maximum absolute atomic E-state index is 12.3. The fraction of sp³-hybridized carbons (Fsp3) is 0.350. The van der Waals surface area contributed by atoms with Crippen molar-refractivity contribution in [3.63, 3.8) is 0 Å². The highest BCUT2D eigenvalue weighted by Gasteiger charge is 2.52. The second-order valence-corrected chi connectivity index (χ2v) is 6.48. The van der Waals surface area contributed by atoms with Crippen LogP contribution in [0.15, 0.2) is 48.5 Å². The van der Waals surface area contributed by atoms with Gasteiger partial charge in [-0.05, 0) is 17.7 Å². The van der Waals surface area contributed by atoms with Gasteiger partial charge in [-0.25, -0.2) is 0 Å². The van der Waals surface area contributed by atoms with Crippen LogP contribution in [-0.4, -0.2) is 37.7 Å². The van der Waals surface area contributed by atoms with Gasteiger partial charge in [-0.1, -0.05) is 30.3 Å². The Balaban J connectivity index is 1.68. The Morgan fingerprint density at radius 2 is 2.00 bits per heavy atom. The number of esters is 1. The first-order valence-electron chi connectivity index (χ1n) is 8.41. The summed E-state index contributed by atoms with van der Waals surface area (Å²) >= 11 is 0. The van der Waals surface area contributed by atoms with E-state index in [-0.39, 0.29) is 24.0 Å². The van der Waals surface area contributed by atoms with Gasteiger partial charge in [0.15, 0.2) is 0 Å². The molecule has 130 valence electrons. The van der Waals surface area contributed by atoms with Gasteiger partial charge in [0.05, 0.1) is 20.3 Å². The zero-order valence-corrected chi connectivity index (χ0v) is 14.3. The van der Waals surface area contributed by atoms with Crippen molar-refractivity contribution in [2.75, 3.05) is 20.8 Å². The summed E-state index contributed by atoms with van der Waals surface area (Å²) in [6.07, 6.45) is -0.224. The minimum Gasteiger partial charge on any atom is -0.497 e. The predicted octanol–water partition coefficient (Wildman–Crippen LogP) is 2.80. The van der Waals surface area contributed by atoms with E-state index >= 15 is 0 Å². The van der Waals surface area contributed by atoms with E-state index in [4.69, 9.17) is 14.2 Å². The van der Waals surface area contributed by atoms with Crippen molar-refractivity contribution in [1.82, 2.24) is 4.90 Å². The monoisotopic (exact) mass is 339 g/mol. The molecule has 2 aliphatic heterocycles. The summed E-state index contributed by atoms with van der Waals surface area (Å²) in [5.74, 6) is 1.03. The SMILES string of the molecule is COC(=O)[C@@H]1CN(Cc2ccccc2)[C@H]2c3ccc(OC)cc3O[C@@H]12. The molecule has 2 aromatic rings. The highest BCUT2D eigenvalue weighted by Crippen LogP contribution is 2.49. The van der Waals surface area contributed by atoms with Crippen molar-refractivity contribution in [3.8, 4) is 11.5 Å². The average Bonchev–Trinajstić information content (AvgIpc) is 3.19. The summed E-state index contributed by atoms with van der Waals surface area (Å²) in [4.78, 5) is 14.6. The number of hydrogen-bond acceptors (Lipinski definition) is 5. The molecule has 2 heterocycles. The van der Waals surface area contributed by atoms with E-state index in [9.17, 15) is 4.79 Å². The predicted molar refractivity (Wildman–Crippen MR) is 92.5 cm³/mol. The summed E-state index contributed by atoms with van der Waals surface area (Å²) in [6, 6.07) is 16.2. The highest BCUT2D eigenvalue weighted by atomic mass is 16.5. The normalized spacial score (nSPS) is 24.3. The minimum absolute atomic E-state index is 0.0465. The van der Waals surface area contributed by atoms with Crippen molar-refractivity contribution < 1.29 is 19.0 Å². The number of methoxy groups -OCH3 is 2. The molecule has 1 fully saturated rings. The number of rotatable bonds is 4. The Morgan fingerprint density at radius 1 is 1.20 bits per heavy atom. The van der Waals surface area contributed by atoms with E-state index < -0.39 is 0 Å². The quantitative estimate of drug-likeness (QED) is 0.802. The van der Waals surface area contributed by atoms with E-state index in [1.54, 1.807) is 7.11 Å². The summed E-state index contributed by atoms with van der Waals surface area (Å²) in [5.41, 5.74) is 2.32. The number of carbonyl (C=O) groups is 1. The van der Waals surface area contributed by atoms with Gasteiger partial charge in [0.1, 0.15) is 23.5 Å². The number of likely N-dealkylation sites (tertiary alicyclic amines) is 1. The van der Waals surface area contributed by atoms with Gasteiger partial charge in [0.2, 0.25) is 0 Å². The third kappa shape index (κ3) is 2.74. The number of benzene rings is 2. The largest absolute Gasteiger partial charge is 0.497 e. The van der Waals surface area contributed by atoms with Crippen molar-refractivity contribution in [1.29, 1.82) is 0 Å². The average molecular weight is 339 g/mol. The van der Waals surface area contributed by atoms with Crippen LogP contribution in [0.3, 0.4) is 0 Å². The lowest BCUT2D eigenvalue weighted by Gasteiger charge is -2.22. The van der Waals surface area contributed by atoms with Crippen LogP contribution in [0.4, 0.5) is 0 Å². The molecule has 5 nitrogen and oxygen atoms in total. The molecule has 0 spiro atoms. The number of nitrogens with zero attached hydrogens (tertiary/aromatic N) is 1. The van der Waals surface area contributed by atoms with E-state index in [1.165, 1.54) is 12.7 Å². The first-order valence-corrected chi connectivity index (χ1v) is 8.41. The van der Waals surface area contributed by atoms with Crippen molar-refractivity contribution >= 4 is 5.97 Å². The molecule has 2 aliphatic rings. The van der Waals surface area contributed by atoms with Crippen LogP contribution < -0.4 is 9.47 Å². The molecular formula is C20H21NO4. The second-order valence-electron chi connectivity index (χ2n) is 6.48. The standard InChI is InChI=1S/C20H21NO4/c1-23-14-8-9-15-17(10-14)25-19-16(20(22)24-2)12-21(18(15)19)11-13-6-4-3-5-7-13/h3-10,16,18-19H,11-12H2,1-2H3/t16-,18+,19+/m1/s1.